The van der Waals surface area contributed by atoms with Gasteiger partial charge in [0.15, 0.2) is 0 Å². The van der Waals surface area contributed by atoms with E-state index in [1.165, 1.54) is 6.07 Å². The highest BCUT2D eigenvalue weighted by Crippen LogP contribution is 2.24. The van der Waals surface area contributed by atoms with Crippen molar-refractivity contribution in [2.75, 3.05) is 5.32 Å². The minimum Gasteiger partial charge on any atom is -0.324 e. The maximum atomic E-state index is 12.8. The van der Waals surface area contributed by atoms with Gasteiger partial charge in [0, 0.05) is 11.3 Å². The number of amides is 1. The second-order valence-electron chi connectivity index (χ2n) is 7.13. The van der Waals surface area contributed by atoms with E-state index in [4.69, 9.17) is 0 Å². The number of amidine groups is 1. The quantitative estimate of drug-likeness (QED) is 0.848. The van der Waals surface area contributed by atoms with Crippen molar-refractivity contribution in [3.8, 4) is 0 Å². The highest BCUT2D eigenvalue weighted by Gasteiger charge is 2.32. The van der Waals surface area contributed by atoms with E-state index in [0.29, 0.717) is 11.3 Å². The van der Waals surface area contributed by atoms with Crippen molar-refractivity contribution in [3.05, 3.63) is 59.2 Å². The van der Waals surface area contributed by atoms with Crippen LogP contribution in [0.5, 0.6) is 0 Å². The molecule has 1 aliphatic heterocycles. The summed E-state index contributed by atoms with van der Waals surface area (Å²) in [5.41, 5.74) is 3.29. The first kappa shape index (κ1) is 19.1. The SMILES string of the molecule is Cc1cc(C)cc(NC(=O)[C@H](N=C2NS(=O)(=O)c3ccccc32)C(C)C)c1. The Morgan fingerprint density at radius 1 is 1.07 bits per heavy atom. The van der Waals surface area contributed by atoms with Gasteiger partial charge in [-0.2, -0.15) is 0 Å². The first-order valence-corrected chi connectivity index (χ1v) is 10.2. The van der Waals surface area contributed by atoms with Crippen LogP contribution >= 0.6 is 0 Å². The summed E-state index contributed by atoms with van der Waals surface area (Å²) >= 11 is 0. The Balaban J connectivity index is 1.93. The van der Waals surface area contributed by atoms with Crippen LogP contribution in [0, 0.1) is 19.8 Å². The van der Waals surface area contributed by atoms with Gasteiger partial charge in [-0.05, 0) is 55.2 Å². The molecule has 0 radical (unpaired) electrons. The highest BCUT2D eigenvalue weighted by molar-refractivity contribution is 7.90. The average molecular weight is 385 g/mol. The van der Waals surface area contributed by atoms with Gasteiger partial charge in [0.25, 0.3) is 10.0 Å². The van der Waals surface area contributed by atoms with Crippen LogP contribution in [0.4, 0.5) is 5.69 Å². The number of hydrogen-bond acceptors (Lipinski definition) is 4. The number of nitrogens with one attached hydrogen (secondary N) is 2. The summed E-state index contributed by atoms with van der Waals surface area (Å²) in [4.78, 5) is 17.5. The minimum absolute atomic E-state index is 0.110. The van der Waals surface area contributed by atoms with Gasteiger partial charge >= 0.3 is 0 Å². The number of aryl methyl sites for hydroxylation is 2. The van der Waals surface area contributed by atoms with Crippen LogP contribution in [0.1, 0.15) is 30.5 Å². The van der Waals surface area contributed by atoms with E-state index in [-0.39, 0.29) is 22.6 Å². The molecule has 0 saturated carbocycles. The summed E-state index contributed by atoms with van der Waals surface area (Å²) in [5, 5.41) is 2.90. The van der Waals surface area contributed by atoms with Crippen molar-refractivity contribution in [3.63, 3.8) is 0 Å². The smallest absolute Gasteiger partial charge is 0.263 e. The topological polar surface area (TPSA) is 87.6 Å². The molecule has 1 atom stereocenters. The van der Waals surface area contributed by atoms with Crippen molar-refractivity contribution >= 4 is 27.5 Å². The fourth-order valence-corrected chi connectivity index (χ4v) is 4.38. The maximum Gasteiger partial charge on any atom is 0.263 e. The summed E-state index contributed by atoms with van der Waals surface area (Å²) < 4.78 is 27.0. The molecule has 0 fully saturated rings. The molecule has 0 aromatic heterocycles. The van der Waals surface area contributed by atoms with Crippen molar-refractivity contribution in [2.24, 2.45) is 10.9 Å². The Hall–Kier alpha value is -2.67. The van der Waals surface area contributed by atoms with Crippen molar-refractivity contribution in [1.82, 2.24) is 4.72 Å². The number of sulfonamides is 1. The number of aliphatic imine (C=N–C) groups is 1. The lowest BCUT2D eigenvalue weighted by Gasteiger charge is -2.18. The zero-order chi connectivity index (χ0) is 19.8. The van der Waals surface area contributed by atoms with Crippen molar-refractivity contribution in [1.29, 1.82) is 0 Å². The molecule has 0 spiro atoms. The van der Waals surface area contributed by atoms with Crippen LogP contribution in [0.3, 0.4) is 0 Å². The Labute approximate surface area is 159 Å². The average Bonchev–Trinajstić information content (AvgIpc) is 2.82. The van der Waals surface area contributed by atoms with E-state index in [2.05, 4.69) is 15.0 Å². The van der Waals surface area contributed by atoms with Gasteiger partial charge in [0.05, 0.1) is 4.90 Å². The fraction of sp³-hybridized carbons (Fsp3) is 0.300. The molecule has 2 aromatic carbocycles. The van der Waals surface area contributed by atoms with Crippen molar-refractivity contribution < 1.29 is 13.2 Å². The van der Waals surface area contributed by atoms with Gasteiger partial charge in [-0.25, -0.2) is 8.42 Å². The summed E-state index contributed by atoms with van der Waals surface area (Å²) in [5.74, 6) is -0.174. The Morgan fingerprint density at radius 2 is 1.70 bits per heavy atom. The number of nitrogens with zero attached hydrogens (tertiary/aromatic N) is 1. The zero-order valence-electron chi connectivity index (χ0n) is 15.8. The molecule has 0 aliphatic carbocycles. The highest BCUT2D eigenvalue weighted by atomic mass is 32.2. The molecule has 7 heteroatoms. The van der Waals surface area contributed by atoms with Crippen LogP contribution in [-0.2, 0) is 14.8 Å². The van der Waals surface area contributed by atoms with Gasteiger partial charge in [-0.1, -0.05) is 32.0 Å². The number of hydrogen-bond donors (Lipinski definition) is 2. The van der Waals surface area contributed by atoms with E-state index < -0.39 is 16.1 Å². The van der Waals surface area contributed by atoms with E-state index in [1.54, 1.807) is 18.2 Å². The van der Waals surface area contributed by atoms with Gasteiger partial charge in [-0.3, -0.25) is 14.5 Å². The molecule has 1 heterocycles. The van der Waals surface area contributed by atoms with Crippen LogP contribution < -0.4 is 10.0 Å². The molecule has 2 aromatic rings. The van der Waals surface area contributed by atoms with E-state index in [9.17, 15) is 13.2 Å². The molecule has 142 valence electrons. The molecule has 0 bridgehead atoms. The number of carbonyl (C=O) groups is 1. The standard InChI is InChI=1S/C20H23N3O3S/c1-12(2)18(20(24)21-15-10-13(3)9-14(4)11-15)22-19-16-7-5-6-8-17(16)27(25,26)23-19/h5-12,18H,1-4H3,(H,21,24)(H,22,23)/t18-/m1/s1. The Bertz CT molecular complexity index is 1010. The van der Waals surface area contributed by atoms with Crippen molar-refractivity contribution in [2.45, 2.75) is 38.6 Å². The molecular formula is C20H23N3O3S. The van der Waals surface area contributed by atoms with Crippen LogP contribution in [-0.4, -0.2) is 26.2 Å². The molecule has 1 aliphatic rings. The molecule has 3 rings (SSSR count). The third-order valence-electron chi connectivity index (χ3n) is 4.32. The maximum absolute atomic E-state index is 12.8. The lowest BCUT2D eigenvalue weighted by molar-refractivity contribution is -0.118. The van der Waals surface area contributed by atoms with E-state index >= 15 is 0 Å². The van der Waals surface area contributed by atoms with E-state index in [1.807, 2.05) is 45.9 Å². The first-order valence-electron chi connectivity index (χ1n) is 8.76. The first-order chi connectivity index (χ1) is 12.7. The molecule has 6 nitrogen and oxygen atoms in total. The second kappa shape index (κ2) is 7.15. The third-order valence-corrected chi connectivity index (χ3v) is 5.72. The molecule has 0 saturated heterocycles. The van der Waals surface area contributed by atoms with Gasteiger partial charge in [0.1, 0.15) is 11.9 Å². The number of carbonyl (C=O) groups excluding carboxylic acids is 1. The van der Waals surface area contributed by atoms with Crippen LogP contribution in [0.25, 0.3) is 0 Å². The predicted octanol–water partition coefficient (Wildman–Crippen LogP) is 3.01. The minimum atomic E-state index is -3.63. The van der Waals surface area contributed by atoms with E-state index in [0.717, 1.165) is 11.1 Å². The Morgan fingerprint density at radius 3 is 2.33 bits per heavy atom. The van der Waals surface area contributed by atoms with Gasteiger partial charge < -0.3 is 5.32 Å². The Kier molecular flexibility index (Phi) is 5.06. The molecule has 0 unspecified atom stereocenters. The lowest BCUT2D eigenvalue weighted by atomic mass is 10.0. The van der Waals surface area contributed by atoms with Crippen LogP contribution in [0.15, 0.2) is 52.4 Å². The van der Waals surface area contributed by atoms with Gasteiger partial charge in [-0.15, -0.1) is 0 Å². The number of anilines is 1. The predicted molar refractivity (Wildman–Crippen MR) is 106 cm³/mol. The summed E-state index contributed by atoms with van der Waals surface area (Å²) in [6.45, 7) is 7.69. The summed E-state index contributed by atoms with van der Waals surface area (Å²) in [6.07, 6.45) is 0. The molecule has 1 amide bonds. The zero-order valence-corrected chi connectivity index (χ0v) is 16.6. The number of benzene rings is 2. The molecule has 2 N–H and O–H groups in total. The number of rotatable bonds is 4. The van der Waals surface area contributed by atoms with Crippen LogP contribution in [0.2, 0.25) is 0 Å². The summed E-state index contributed by atoms with van der Waals surface area (Å²) in [6, 6.07) is 11.7. The largest absolute Gasteiger partial charge is 0.324 e. The third kappa shape index (κ3) is 4.03. The number of fused-ring (bicyclic) bond motifs is 1. The molecular weight excluding hydrogens is 362 g/mol. The second-order valence-corrected chi connectivity index (χ2v) is 8.78. The monoisotopic (exact) mass is 385 g/mol. The fourth-order valence-electron chi connectivity index (χ4n) is 3.14. The lowest BCUT2D eigenvalue weighted by Crippen LogP contribution is -2.34. The summed E-state index contributed by atoms with van der Waals surface area (Å²) in [7, 11) is -3.63. The normalized spacial score (nSPS) is 17.4. The molecule has 27 heavy (non-hydrogen) atoms. The van der Waals surface area contributed by atoms with Gasteiger partial charge in [0.2, 0.25) is 5.91 Å².